The molecule has 0 radical (unpaired) electrons. The Morgan fingerprint density at radius 3 is 1.84 bits per heavy atom. The summed E-state index contributed by atoms with van der Waals surface area (Å²) in [6, 6.07) is 0. The van der Waals surface area contributed by atoms with Gasteiger partial charge in [0.25, 0.3) is 0 Å². The van der Waals surface area contributed by atoms with Crippen LogP contribution in [0.15, 0.2) is 34.2 Å². The largest absolute Gasteiger partial charge is 0.506 e. The molecule has 0 aromatic rings. The van der Waals surface area contributed by atoms with E-state index in [1.54, 1.807) is 25.0 Å². The first-order chi connectivity index (χ1) is 25.4. The van der Waals surface area contributed by atoms with E-state index in [-0.39, 0.29) is 52.3 Å². The minimum absolute atomic E-state index is 0.0137. The van der Waals surface area contributed by atoms with Gasteiger partial charge in [-0.25, -0.2) is 0 Å². The fourth-order valence-electron chi connectivity index (χ4n) is 11.6. The molecule has 0 aromatic heterocycles. The van der Waals surface area contributed by atoms with Gasteiger partial charge in [0.05, 0.1) is 17.8 Å². The van der Waals surface area contributed by atoms with Gasteiger partial charge in [-0.05, 0) is 117 Å². The van der Waals surface area contributed by atoms with Crippen LogP contribution in [-0.4, -0.2) is 112 Å². The highest BCUT2D eigenvalue weighted by Crippen LogP contribution is 2.72. The summed E-state index contributed by atoms with van der Waals surface area (Å²) in [5.74, 6) is -2.92. The van der Waals surface area contributed by atoms with Crippen LogP contribution in [0.5, 0.6) is 0 Å². The van der Waals surface area contributed by atoms with E-state index >= 15 is 0 Å². The standard InChI is InChI=1S/C42H72O13/c1-23(27(45)13-17-38(2,3)55-37(53)35(51)33(49)29(47)16-22-44)24-11-19-42(8)26-9-10-30-39(4,5)31(54-36(52)34(50)32(48)28(46)15-21-43)14-18-40(30,6)25(26)12-20-41(24,42)7/h23-24,27-31,36-37,43-53H,9-22H2,1-8H3/b34-32-,35-33+/t23-,24+,27?,28?,29?,30?,31-,36?,37?,40+,41+,42-/m0/s1. The summed E-state index contributed by atoms with van der Waals surface area (Å²) in [4.78, 5) is 0. The predicted molar refractivity (Wildman–Crippen MR) is 205 cm³/mol. The third-order valence-corrected chi connectivity index (χ3v) is 15.2. The highest BCUT2D eigenvalue weighted by molar-refractivity contribution is 5.39. The molecule has 4 rings (SSSR count). The van der Waals surface area contributed by atoms with Crippen molar-refractivity contribution in [2.75, 3.05) is 13.2 Å². The maximum Gasteiger partial charge on any atom is 0.218 e. The number of fused-ring (bicyclic) bond motifs is 4. The average Bonchev–Trinajstić information content (AvgIpc) is 3.40. The molecule has 318 valence electrons. The molecule has 13 nitrogen and oxygen atoms in total. The number of rotatable bonds is 17. The van der Waals surface area contributed by atoms with Crippen LogP contribution in [0.2, 0.25) is 0 Å². The molecule has 0 amide bonds. The lowest BCUT2D eigenvalue weighted by Crippen LogP contribution is -2.56. The van der Waals surface area contributed by atoms with Crippen molar-refractivity contribution in [1.82, 2.24) is 0 Å². The second-order valence-electron chi connectivity index (χ2n) is 19.0. The molecule has 4 aliphatic carbocycles. The molecule has 6 unspecified atom stereocenters. The van der Waals surface area contributed by atoms with Crippen LogP contribution >= 0.6 is 0 Å². The van der Waals surface area contributed by atoms with Crippen molar-refractivity contribution < 1.29 is 65.6 Å². The molecule has 0 aromatic carbocycles. The van der Waals surface area contributed by atoms with Crippen LogP contribution in [-0.2, 0) is 9.47 Å². The predicted octanol–water partition coefficient (Wildman–Crippen LogP) is 5.47. The normalized spacial score (nSPS) is 35.0. The second kappa shape index (κ2) is 17.1. The fourth-order valence-corrected chi connectivity index (χ4v) is 11.6. The zero-order valence-electron chi connectivity index (χ0n) is 34.3. The summed E-state index contributed by atoms with van der Waals surface area (Å²) < 4.78 is 11.7. The van der Waals surface area contributed by atoms with Crippen LogP contribution in [0.1, 0.15) is 132 Å². The molecular weight excluding hydrogens is 712 g/mol. The Labute approximate surface area is 327 Å². The summed E-state index contributed by atoms with van der Waals surface area (Å²) in [6.45, 7) is 16.3. The first kappa shape index (κ1) is 45.8. The average molecular weight is 785 g/mol. The zero-order valence-corrected chi connectivity index (χ0v) is 34.3. The molecule has 2 saturated carbocycles. The maximum absolute atomic E-state index is 11.6. The van der Waals surface area contributed by atoms with Crippen LogP contribution in [0, 0.1) is 39.4 Å². The van der Waals surface area contributed by atoms with Crippen molar-refractivity contribution in [3.05, 3.63) is 34.2 Å². The van der Waals surface area contributed by atoms with Crippen molar-refractivity contribution in [3.8, 4) is 0 Å². The van der Waals surface area contributed by atoms with Crippen molar-refractivity contribution in [3.63, 3.8) is 0 Å². The summed E-state index contributed by atoms with van der Waals surface area (Å²) in [5.41, 5.74) is 1.58. The lowest BCUT2D eigenvalue weighted by Gasteiger charge is -2.62. The van der Waals surface area contributed by atoms with Gasteiger partial charge in [-0.2, -0.15) is 0 Å². The van der Waals surface area contributed by atoms with Crippen LogP contribution in [0.25, 0.3) is 0 Å². The molecule has 2 fully saturated rings. The monoisotopic (exact) mass is 784 g/mol. The highest BCUT2D eigenvalue weighted by Gasteiger charge is 2.64. The van der Waals surface area contributed by atoms with Gasteiger partial charge in [0.2, 0.25) is 12.6 Å². The highest BCUT2D eigenvalue weighted by atomic mass is 16.6. The number of hydrogen-bond acceptors (Lipinski definition) is 13. The lowest BCUT2D eigenvalue weighted by atomic mass is 9.43. The van der Waals surface area contributed by atoms with Gasteiger partial charge < -0.3 is 65.6 Å². The van der Waals surface area contributed by atoms with Gasteiger partial charge in [0, 0.05) is 26.1 Å². The van der Waals surface area contributed by atoms with E-state index in [4.69, 9.17) is 19.7 Å². The molecule has 0 aliphatic heterocycles. The number of aliphatic hydroxyl groups excluding tert-OH is 11. The Bertz CT molecular complexity index is 1440. The summed E-state index contributed by atoms with van der Waals surface area (Å²) >= 11 is 0. The van der Waals surface area contributed by atoms with Gasteiger partial charge in [-0.1, -0.05) is 52.7 Å². The molecule has 4 aliphatic rings. The number of allylic oxidation sites excluding steroid dienone is 2. The maximum atomic E-state index is 11.6. The van der Waals surface area contributed by atoms with Crippen molar-refractivity contribution >= 4 is 0 Å². The number of hydrogen-bond donors (Lipinski definition) is 11. The summed E-state index contributed by atoms with van der Waals surface area (Å²) in [7, 11) is 0. The van der Waals surface area contributed by atoms with Crippen molar-refractivity contribution in [2.45, 2.75) is 175 Å². The number of ether oxygens (including phenoxy) is 2. The van der Waals surface area contributed by atoms with Crippen LogP contribution in [0.4, 0.5) is 0 Å². The van der Waals surface area contributed by atoms with E-state index in [1.165, 1.54) is 0 Å². The minimum Gasteiger partial charge on any atom is -0.506 e. The first-order valence-corrected chi connectivity index (χ1v) is 20.4. The Kier molecular flexibility index (Phi) is 14.2. The van der Waals surface area contributed by atoms with Crippen molar-refractivity contribution in [1.29, 1.82) is 0 Å². The molecule has 0 heterocycles. The van der Waals surface area contributed by atoms with E-state index in [9.17, 15) is 46.0 Å². The third-order valence-electron chi connectivity index (χ3n) is 15.2. The van der Waals surface area contributed by atoms with E-state index in [2.05, 4.69) is 41.5 Å². The SMILES string of the molecule is C[C@H](C(O)CCC(C)(C)OC(O)/C(O)=C(\O)C(O)CCO)[C@H]1CC[C@@]2(C)C3=C(CC[C@]12C)[C@@]1(C)CC[C@H](OC(O)/C(O)=C(/O)C(O)CCO)C(C)(C)C1CC3. The van der Waals surface area contributed by atoms with Gasteiger partial charge >= 0.3 is 0 Å². The van der Waals surface area contributed by atoms with E-state index < -0.39 is 78.8 Å². The Morgan fingerprint density at radius 2 is 1.27 bits per heavy atom. The van der Waals surface area contributed by atoms with Crippen LogP contribution < -0.4 is 0 Å². The van der Waals surface area contributed by atoms with Gasteiger partial charge in [-0.15, -0.1) is 0 Å². The molecule has 0 bridgehead atoms. The smallest absolute Gasteiger partial charge is 0.218 e. The molecule has 12 atom stereocenters. The molecule has 55 heavy (non-hydrogen) atoms. The first-order valence-electron chi connectivity index (χ1n) is 20.4. The fraction of sp³-hybridized carbons (Fsp3) is 0.857. The van der Waals surface area contributed by atoms with E-state index in [0.29, 0.717) is 19.3 Å². The Morgan fingerprint density at radius 1 is 0.709 bits per heavy atom. The zero-order chi connectivity index (χ0) is 41.5. The van der Waals surface area contributed by atoms with Gasteiger partial charge in [0.1, 0.15) is 12.2 Å². The molecule has 13 heteroatoms. The van der Waals surface area contributed by atoms with Gasteiger partial charge in [0.15, 0.2) is 23.0 Å². The molecule has 11 N–H and O–H groups in total. The Hall–Kier alpha value is -1.94. The lowest BCUT2D eigenvalue weighted by molar-refractivity contribution is -0.201. The molecule has 0 saturated heterocycles. The Balaban J connectivity index is 1.46. The summed E-state index contributed by atoms with van der Waals surface area (Å²) in [6.07, 6.45) is -0.0942. The van der Waals surface area contributed by atoms with Crippen LogP contribution in [0.3, 0.4) is 0 Å². The second-order valence-corrected chi connectivity index (χ2v) is 19.0. The van der Waals surface area contributed by atoms with Gasteiger partial charge in [-0.3, -0.25) is 0 Å². The summed E-state index contributed by atoms with van der Waals surface area (Å²) in [5, 5.41) is 112. The molecular formula is C42H72O13. The van der Waals surface area contributed by atoms with E-state index in [1.807, 2.05) is 0 Å². The minimum atomic E-state index is -1.89. The quantitative estimate of drug-likeness (QED) is 0.0499. The number of aliphatic hydroxyl groups is 11. The van der Waals surface area contributed by atoms with E-state index in [0.717, 1.165) is 44.9 Å². The van der Waals surface area contributed by atoms with Crippen molar-refractivity contribution in [2.24, 2.45) is 39.4 Å². The topological polar surface area (TPSA) is 241 Å². The molecule has 0 spiro atoms. The third kappa shape index (κ3) is 8.61.